The fourth-order valence-electron chi connectivity index (χ4n) is 3.35. The van der Waals surface area contributed by atoms with Gasteiger partial charge in [-0.2, -0.15) is 0 Å². The summed E-state index contributed by atoms with van der Waals surface area (Å²) < 4.78 is 26.8. The lowest BCUT2D eigenvalue weighted by Crippen LogP contribution is -2.32. The molecule has 2 aliphatic rings. The number of nitrogens with one attached hydrogen (secondary N) is 1. The van der Waals surface area contributed by atoms with Crippen LogP contribution < -0.4 is 5.32 Å². The van der Waals surface area contributed by atoms with Gasteiger partial charge in [0.1, 0.15) is 6.10 Å². The average molecular weight is 515 g/mol. The van der Waals surface area contributed by atoms with Crippen LogP contribution in [0.1, 0.15) is 51.4 Å². The maximum absolute atomic E-state index is 11.8. The van der Waals surface area contributed by atoms with Gasteiger partial charge in [0, 0.05) is 19.4 Å². The van der Waals surface area contributed by atoms with Crippen molar-refractivity contribution in [2.75, 3.05) is 59.4 Å². The number of alkyl carbamates (subject to hydrolysis) is 1. The molecule has 3 amide bonds. The van der Waals surface area contributed by atoms with Crippen molar-refractivity contribution >= 4 is 23.9 Å². The molecule has 204 valence electrons. The lowest BCUT2D eigenvalue weighted by Gasteiger charge is -2.16. The maximum Gasteiger partial charge on any atom is 0.407 e. The van der Waals surface area contributed by atoms with Crippen LogP contribution in [0.5, 0.6) is 0 Å². The molecule has 0 radical (unpaired) electrons. The number of carbonyl (C=O) groups excluding carboxylic acids is 4. The molecule has 36 heavy (non-hydrogen) atoms. The van der Waals surface area contributed by atoms with Gasteiger partial charge in [-0.25, -0.2) is 9.59 Å². The molecule has 1 atom stereocenters. The number of hydroxylamine groups is 2. The van der Waals surface area contributed by atoms with Gasteiger partial charge in [0.05, 0.1) is 59.3 Å². The van der Waals surface area contributed by atoms with Gasteiger partial charge in [-0.3, -0.25) is 9.59 Å². The van der Waals surface area contributed by atoms with E-state index in [1.165, 1.54) is 6.42 Å². The molecule has 1 N–H and O–H groups in total. The summed E-state index contributed by atoms with van der Waals surface area (Å²) in [7, 11) is 0. The Balaban J connectivity index is 1.30. The van der Waals surface area contributed by atoms with Gasteiger partial charge in [0.2, 0.25) is 0 Å². The van der Waals surface area contributed by atoms with Crippen LogP contribution in [0.2, 0.25) is 0 Å². The van der Waals surface area contributed by atoms with Crippen molar-refractivity contribution in [3.63, 3.8) is 0 Å². The van der Waals surface area contributed by atoms with Crippen LogP contribution in [-0.2, 0) is 42.9 Å². The lowest BCUT2D eigenvalue weighted by molar-refractivity contribution is -0.198. The topological polar surface area (TPSA) is 139 Å². The minimum absolute atomic E-state index is 0.0603. The quantitative estimate of drug-likeness (QED) is 0.173. The molecule has 0 aromatic carbocycles. The first kappa shape index (κ1) is 29.7. The third-order valence-corrected chi connectivity index (χ3v) is 5.25. The van der Waals surface area contributed by atoms with Gasteiger partial charge in [0.15, 0.2) is 0 Å². The Morgan fingerprint density at radius 1 is 0.833 bits per heavy atom. The Kier molecular flexibility index (Phi) is 15.4. The largest absolute Gasteiger partial charge is 0.442 e. The molecule has 1 aliphatic carbocycles. The maximum atomic E-state index is 11.8. The minimum Gasteiger partial charge on any atom is -0.442 e. The van der Waals surface area contributed by atoms with Crippen molar-refractivity contribution in [1.29, 1.82) is 0 Å². The molecular weight excluding hydrogens is 476 g/mol. The number of hydrogen-bond acceptors (Lipinski definition) is 10. The second-order valence-electron chi connectivity index (χ2n) is 8.18. The van der Waals surface area contributed by atoms with Crippen molar-refractivity contribution in [2.45, 2.75) is 57.5 Å². The zero-order valence-corrected chi connectivity index (χ0v) is 20.8. The van der Waals surface area contributed by atoms with Crippen molar-refractivity contribution in [3.8, 4) is 0 Å². The summed E-state index contributed by atoms with van der Waals surface area (Å²) in [6, 6.07) is 0. The molecule has 0 bridgehead atoms. The number of carbonyl (C=O) groups is 4. The zero-order valence-electron chi connectivity index (χ0n) is 20.8. The van der Waals surface area contributed by atoms with E-state index >= 15 is 0 Å². The average Bonchev–Trinajstić information content (AvgIpc) is 3.15. The molecule has 1 heterocycles. The van der Waals surface area contributed by atoms with Gasteiger partial charge in [0.25, 0.3) is 11.8 Å². The van der Waals surface area contributed by atoms with Crippen LogP contribution in [0, 0.1) is 0 Å². The summed E-state index contributed by atoms with van der Waals surface area (Å²) in [6.07, 6.45) is 8.82. The zero-order chi connectivity index (χ0) is 25.8. The van der Waals surface area contributed by atoms with Crippen LogP contribution in [0.3, 0.4) is 0 Å². The molecule has 1 aliphatic heterocycles. The normalized spacial score (nSPS) is 18.1. The molecule has 0 aromatic heterocycles. The first-order valence-corrected chi connectivity index (χ1v) is 12.5. The Labute approximate surface area is 211 Å². The number of rotatable bonds is 17. The number of ether oxygens (including phenoxy) is 5. The van der Waals surface area contributed by atoms with E-state index in [0.29, 0.717) is 51.2 Å². The second kappa shape index (κ2) is 18.7. The number of nitrogens with zero attached hydrogens (tertiary/aromatic N) is 1. The Bertz CT molecular complexity index is 699. The molecule has 1 fully saturated rings. The summed E-state index contributed by atoms with van der Waals surface area (Å²) in [5, 5.41) is 3.20. The summed E-state index contributed by atoms with van der Waals surface area (Å²) >= 11 is 0. The van der Waals surface area contributed by atoms with E-state index < -0.39 is 23.9 Å². The molecule has 0 spiro atoms. The summed E-state index contributed by atoms with van der Waals surface area (Å²) in [6.45, 7) is 3.02. The molecule has 0 aromatic rings. The van der Waals surface area contributed by atoms with Crippen LogP contribution >= 0.6 is 0 Å². The highest BCUT2D eigenvalue weighted by molar-refractivity contribution is 6.01. The van der Waals surface area contributed by atoms with E-state index in [1.807, 2.05) is 6.08 Å². The number of allylic oxidation sites excluding steroid dienone is 1. The van der Waals surface area contributed by atoms with Gasteiger partial charge in [-0.15, -0.1) is 5.06 Å². The summed E-state index contributed by atoms with van der Waals surface area (Å²) in [5.41, 5.74) is 0. The number of hydrogen-bond donors (Lipinski definition) is 1. The van der Waals surface area contributed by atoms with Crippen LogP contribution in [0.15, 0.2) is 12.2 Å². The molecular formula is C24H38N2O10. The Morgan fingerprint density at radius 2 is 1.44 bits per heavy atom. The van der Waals surface area contributed by atoms with Gasteiger partial charge >= 0.3 is 12.1 Å². The fourth-order valence-corrected chi connectivity index (χ4v) is 3.35. The number of amides is 3. The second-order valence-corrected chi connectivity index (χ2v) is 8.18. The Hall–Kier alpha value is -2.54. The smallest absolute Gasteiger partial charge is 0.407 e. The third kappa shape index (κ3) is 13.5. The van der Waals surface area contributed by atoms with E-state index in [1.54, 1.807) is 0 Å². The lowest BCUT2D eigenvalue weighted by atomic mass is 10.0. The molecule has 1 unspecified atom stereocenters. The molecule has 12 heteroatoms. The highest BCUT2D eigenvalue weighted by atomic mass is 16.7. The van der Waals surface area contributed by atoms with Crippen LogP contribution in [0.4, 0.5) is 4.79 Å². The van der Waals surface area contributed by atoms with Gasteiger partial charge in [-0.05, 0) is 31.8 Å². The monoisotopic (exact) mass is 514 g/mol. The standard InChI is InChI=1S/C24H38N2O10/c27-21-8-9-22(28)26(21)36-23(29)10-12-31-14-16-33-18-19-34-17-15-32-13-11-25-24(30)35-20-6-4-2-1-3-5-7-20/h4,6,20H,1-3,5,7-19H2,(H,25,30). The fraction of sp³-hybridized carbons (Fsp3) is 0.750. The predicted molar refractivity (Wildman–Crippen MR) is 126 cm³/mol. The molecule has 2 rings (SSSR count). The Morgan fingerprint density at radius 3 is 2.11 bits per heavy atom. The van der Waals surface area contributed by atoms with E-state index in [4.69, 9.17) is 28.5 Å². The van der Waals surface area contributed by atoms with Gasteiger partial charge in [-0.1, -0.05) is 12.5 Å². The van der Waals surface area contributed by atoms with E-state index in [-0.39, 0.29) is 38.6 Å². The predicted octanol–water partition coefficient (Wildman–Crippen LogP) is 1.67. The van der Waals surface area contributed by atoms with Crippen molar-refractivity contribution < 1.29 is 47.7 Å². The summed E-state index contributed by atoms with van der Waals surface area (Å²) in [4.78, 5) is 50.9. The van der Waals surface area contributed by atoms with Crippen molar-refractivity contribution in [1.82, 2.24) is 10.4 Å². The molecule has 12 nitrogen and oxygen atoms in total. The van der Waals surface area contributed by atoms with Crippen LogP contribution in [-0.4, -0.2) is 94.4 Å². The van der Waals surface area contributed by atoms with E-state index in [9.17, 15) is 19.2 Å². The third-order valence-electron chi connectivity index (χ3n) is 5.25. The highest BCUT2D eigenvalue weighted by Gasteiger charge is 2.32. The van der Waals surface area contributed by atoms with Crippen molar-refractivity contribution in [2.24, 2.45) is 0 Å². The number of imide groups is 1. The minimum atomic E-state index is -0.701. The highest BCUT2D eigenvalue weighted by Crippen LogP contribution is 2.14. The summed E-state index contributed by atoms with van der Waals surface area (Å²) in [5.74, 6) is -1.72. The first-order valence-electron chi connectivity index (χ1n) is 12.5. The van der Waals surface area contributed by atoms with E-state index in [0.717, 1.165) is 25.7 Å². The van der Waals surface area contributed by atoms with Gasteiger partial charge < -0.3 is 33.8 Å². The van der Waals surface area contributed by atoms with Crippen LogP contribution in [0.25, 0.3) is 0 Å². The SMILES string of the molecule is O=C(CCOCCOCCOCCOCCNC(=O)OC1C=CCCCCC1)ON1C(=O)CCC1=O. The van der Waals surface area contributed by atoms with E-state index in [2.05, 4.69) is 11.4 Å². The molecule has 1 saturated heterocycles. The molecule has 0 saturated carbocycles. The van der Waals surface area contributed by atoms with Crippen molar-refractivity contribution in [3.05, 3.63) is 12.2 Å². The first-order chi connectivity index (χ1) is 17.6.